The molecule has 1 saturated carbocycles. The fraction of sp³-hybridized carbons (Fsp3) is 0.524. The largest absolute Gasteiger partial charge is 0.342 e. The normalized spacial score (nSPS) is 22.7. The first kappa shape index (κ1) is 15.6. The van der Waals surface area contributed by atoms with Gasteiger partial charge in [-0.25, -0.2) is 0 Å². The van der Waals surface area contributed by atoms with Crippen molar-refractivity contribution in [3.63, 3.8) is 0 Å². The second-order valence-electron chi connectivity index (χ2n) is 7.41. The highest BCUT2D eigenvalue weighted by Crippen LogP contribution is 2.31. The van der Waals surface area contributed by atoms with Crippen molar-refractivity contribution in [3.8, 4) is 0 Å². The summed E-state index contributed by atoms with van der Waals surface area (Å²) < 4.78 is 0. The standard InChI is InChI=1S/C21H26N2O/c24-21(16-7-2-1-3-8-16)23-12-6-11-19(15-23)20-13-17-9-4-5-10-18(17)14-22-20/h4-5,9-10,13-14,16,19H,1-3,6-8,11-12,15H2/t19-/m0/s1. The van der Waals surface area contributed by atoms with E-state index in [0.717, 1.165) is 44.5 Å². The number of carbonyl (C=O) groups is 1. The molecule has 3 heteroatoms. The van der Waals surface area contributed by atoms with Crippen LogP contribution in [-0.4, -0.2) is 28.9 Å². The first-order chi connectivity index (χ1) is 11.8. The van der Waals surface area contributed by atoms with Crippen LogP contribution in [0.3, 0.4) is 0 Å². The molecule has 1 aromatic carbocycles. The summed E-state index contributed by atoms with van der Waals surface area (Å²) in [4.78, 5) is 19.7. The van der Waals surface area contributed by atoms with E-state index in [9.17, 15) is 4.79 Å². The molecule has 0 spiro atoms. The Bertz CT molecular complexity index is 721. The van der Waals surface area contributed by atoms with Gasteiger partial charge in [-0.2, -0.15) is 0 Å². The fourth-order valence-electron chi connectivity index (χ4n) is 4.35. The molecule has 4 rings (SSSR count). The van der Waals surface area contributed by atoms with Crippen LogP contribution in [0.2, 0.25) is 0 Å². The van der Waals surface area contributed by atoms with Crippen molar-refractivity contribution in [2.24, 2.45) is 5.92 Å². The highest BCUT2D eigenvalue weighted by Gasteiger charge is 2.30. The molecule has 1 amide bonds. The van der Waals surface area contributed by atoms with Crippen molar-refractivity contribution in [1.82, 2.24) is 9.88 Å². The molecule has 1 aliphatic carbocycles. The number of hydrogen-bond donors (Lipinski definition) is 0. The number of aromatic nitrogens is 1. The van der Waals surface area contributed by atoms with Crippen molar-refractivity contribution in [2.75, 3.05) is 13.1 Å². The third-order valence-corrected chi connectivity index (χ3v) is 5.76. The van der Waals surface area contributed by atoms with Crippen molar-refractivity contribution in [2.45, 2.75) is 50.9 Å². The highest BCUT2D eigenvalue weighted by atomic mass is 16.2. The van der Waals surface area contributed by atoms with Gasteiger partial charge in [-0.3, -0.25) is 9.78 Å². The van der Waals surface area contributed by atoms with E-state index in [1.54, 1.807) is 0 Å². The zero-order valence-corrected chi connectivity index (χ0v) is 14.3. The fourth-order valence-corrected chi connectivity index (χ4v) is 4.35. The van der Waals surface area contributed by atoms with Crippen molar-refractivity contribution >= 4 is 16.7 Å². The lowest BCUT2D eigenvalue weighted by molar-refractivity contribution is -0.137. The van der Waals surface area contributed by atoms with Gasteiger partial charge in [0.2, 0.25) is 5.91 Å². The van der Waals surface area contributed by atoms with Gasteiger partial charge in [0.05, 0.1) is 0 Å². The number of fused-ring (bicyclic) bond motifs is 1. The number of piperidine rings is 1. The van der Waals surface area contributed by atoms with E-state index < -0.39 is 0 Å². The number of carbonyl (C=O) groups excluding carboxylic acids is 1. The van der Waals surface area contributed by atoms with E-state index in [1.165, 1.54) is 30.0 Å². The predicted octanol–water partition coefficient (Wildman–Crippen LogP) is 4.52. The van der Waals surface area contributed by atoms with E-state index in [1.807, 2.05) is 6.20 Å². The molecular weight excluding hydrogens is 296 g/mol. The Hall–Kier alpha value is -1.90. The molecule has 0 unspecified atom stereocenters. The van der Waals surface area contributed by atoms with Crippen LogP contribution in [0.4, 0.5) is 0 Å². The van der Waals surface area contributed by atoms with Gasteiger partial charge >= 0.3 is 0 Å². The molecule has 1 aliphatic heterocycles. The SMILES string of the molecule is O=C(C1CCCCC1)N1CCC[C@H](c2cc3ccccc3cn2)C1. The summed E-state index contributed by atoms with van der Waals surface area (Å²) in [5.41, 5.74) is 1.15. The van der Waals surface area contributed by atoms with E-state index in [0.29, 0.717) is 11.8 Å². The number of likely N-dealkylation sites (tertiary alicyclic amines) is 1. The monoisotopic (exact) mass is 322 g/mol. The Morgan fingerprint density at radius 3 is 2.62 bits per heavy atom. The summed E-state index contributed by atoms with van der Waals surface area (Å²) in [5.74, 6) is 1.07. The third-order valence-electron chi connectivity index (χ3n) is 5.76. The van der Waals surface area contributed by atoms with E-state index in [2.05, 4.69) is 35.2 Å². The van der Waals surface area contributed by atoms with Crippen LogP contribution in [0.5, 0.6) is 0 Å². The van der Waals surface area contributed by atoms with Gasteiger partial charge in [0.25, 0.3) is 0 Å². The summed E-state index contributed by atoms with van der Waals surface area (Å²) in [5, 5.41) is 2.44. The molecule has 3 nitrogen and oxygen atoms in total. The third kappa shape index (κ3) is 3.17. The highest BCUT2D eigenvalue weighted by molar-refractivity contribution is 5.82. The summed E-state index contributed by atoms with van der Waals surface area (Å²) >= 11 is 0. The van der Waals surface area contributed by atoms with Crippen LogP contribution in [0.15, 0.2) is 36.5 Å². The smallest absolute Gasteiger partial charge is 0.225 e. The molecular formula is C21H26N2O. The minimum atomic E-state index is 0.280. The first-order valence-electron chi connectivity index (χ1n) is 9.45. The zero-order valence-electron chi connectivity index (χ0n) is 14.3. The van der Waals surface area contributed by atoms with Gasteiger partial charge in [-0.05, 0) is 37.1 Å². The van der Waals surface area contributed by atoms with Gasteiger partial charge in [-0.1, -0.05) is 43.5 Å². The maximum absolute atomic E-state index is 12.8. The minimum Gasteiger partial charge on any atom is -0.342 e. The molecule has 126 valence electrons. The van der Waals surface area contributed by atoms with Gasteiger partial charge in [0.1, 0.15) is 0 Å². The summed E-state index contributed by atoms with van der Waals surface area (Å²) in [6.07, 6.45) is 10.1. The zero-order chi connectivity index (χ0) is 16.4. The molecule has 0 radical (unpaired) electrons. The van der Waals surface area contributed by atoms with Crippen LogP contribution in [0, 0.1) is 5.92 Å². The van der Waals surface area contributed by atoms with E-state index >= 15 is 0 Å². The quantitative estimate of drug-likeness (QED) is 0.814. The lowest BCUT2D eigenvalue weighted by Crippen LogP contribution is -2.43. The van der Waals surface area contributed by atoms with E-state index in [-0.39, 0.29) is 5.92 Å². The van der Waals surface area contributed by atoms with Crippen LogP contribution in [0.1, 0.15) is 56.6 Å². The number of amides is 1. The van der Waals surface area contributed by atoms with Crippen LogP contribution in [0.25, 0.3) is 10.8 Å². The van der Waals surface area contributed by atoms with Crippen LogP contribution >= 0.6 is 0 Å². The Morgan fingerprint density at radius 1 is 1.00 bits per heavy atom. The molecule has 0 N–H and O–H groups in total. The number of pyridine rings is 1. The average Bonchev–Trinajstić information content (AvgIpc) is 2.68. The van der Waals surface area contributed by atoms with Crippen molar-refractivity contribution in [1.29, 1.82) is 0 Å². The van der Waals surface area contributed by atoms with Crippen LogP contribution in [-0.2, 0) is 4.79 Å². The number of benzene rings is 1. The Morgan fingerprint density at radius 2 is 1.79 bits per heavy atom. The molecule has 2 aromatic rings. The van der Waals surface area contributed by atoms with Gasteiger partial charge in [0, 0.05) is 42.2 Å². The Labute approximate surface area is 144 Å². The Balaban J connectivity index is 1.50. The Kier molecular flexibility index (Phi) is 4.50. The van der Waals surface area contributed by atoms with Crippen molar-refractivity contribution < 1.29 is 4.79 Å². The lowest BCUT2D eigenvalue weighted by atomic mass is 9.86. The summed E-state index contributed by atoms with van der Waals surface area (Å²) in [6.45, 7) is 1.78. The molecule has 1 atom stereocenters. The molecule has 2 fully saturated rings. The molecule has 0 bridgehead atoms. The number of rotatable bonds is 2. The maximum atomic E-state index is 12.8. The number of nitrogens with zero attached hydrogens (tertiary/aromatic N) is 2. The second kappa shape index (κ2) is 6.92. The van der Waals surface area contributed by atoms with Gasteiger partial charge in [0.15, 0.2) is 0 Å². The molecule has 1 saturated heterocycles. The van der Waals surface area contributed by atoms with Crippen LogP contribution < -0.4 is 0 Å². The molecule has 2 aliphatic rings. The predicted molar refractivity (Wildman–Crippen MR) is 96.9 cm³/mol. The summed E-state index contributed by atoms with van der Waals surface area (Å²) in [7, 11) is 0. The van der Waals surface area contributed by atoms with E-state index in [4.69, 9.17) is 4.98 Å². The second-order valence-corrected chi connectivity index (χ2v) is 7.41. The van der Waals surface area contributed by atoms with Crippen molar-refractivity contribution in [3.05, 3.63) is 42.2 Å². The maximum Gasteiger partial charge on any atom is 0.225 e. The summed E-state index contributed by atoms with van der Waals surface area (Å²) in [6, 6.07) is 10.6. The topological polar surface area (TPSA) is 33.2 Å². The van der Waals surface area contributed by atoms with Gasteiger partial charge in [-0.15, -0.1) is 0 Å². The molecule has 24 heavy (non-hydrogen) atoms. The molecule has 2 heterocycles. The minimum absolute atomic E-state index is 0.280. The lowest BCUT2D eigenvalue weighted by Gasteiger charge is -2.35. The van der Waals surface area contributed by atoms with Gasteiger partial charge < -0.3 is 4.90 Å². The number of hydrogen-bond acceptors (Lipinski definition) is 2. The first-order valence-corrected chi connectivity index (χ1v) is 9.45. The average molecular weight is 322 g/mol. The molecule has 1 aromatic heterocycles.